The predicted molar refractivity (Wildman–Crippen MR) is 223 cm³/mol. The summed E-state index contributed by atoms with van der Waals surface area (Å²) in [7, 11) is 0. The average Bonchev–Trinajstić information content (AvgIpc) is 3.22. The molecular formula is C42H32Cl4N6O3. The molecule has 0 spiro atoms. The fourth-order valence-corrected chi connectivity index (χ4v) is 6.03. The molecule has 9 nitrogen and oxygen atoms in total. The highest BCUT2D eigenvalue weighted by molar-refractivity contribution is 6.36. The Morgan fingerprint density at radius 1 is 0.564 bits per heavy atom. The van der Waals surface area contributed by atoms with Gasteiger partial charge in [-0.15, -0.1) is 0 Å². The largest absolute Gasteiger partial charge is 0.506 e. The Hall–Kier alpha value is -5.97. The molecule has 0 saturated heterocycles. The number of aromatic nitrogens is 4. The van der Waals surface area contributed by atoms with Crippen molar-refractivity contribution >= 4 is 86.1 Å². The van der Waals surface area contributed by atoms with Crippen molar-refractivity contribution in [1.29, 1.82) is 0 Å². The molecule has 8 aromatic rings. The summed E-state index contributed by atoms with van der Waals surface area (Å²) in [5, 5.41) is 27.3. The lowest BCUT2D eigenvalue weighted by Crippen LogP contribution is -2.14. The number of hydrogen-bond donors (Lipinski definition) is 4. The second-order valence-electron chi connectivity index (χ2n) is 11.4. The van der Waals surface area contributed by atoms with Gasteiger partial charge < -0.3 is 21.3 Å². The number of rotatable bonds is 5. The average molecular weight is 811 g/mol. The van der Waals surface area contributed by atoms with E-state index in [2.05, 4.69) is 25.3 Å². The monoisotopic (exact) mass is 808 g/mol. The molecule has 1 unspecified atom stereocenters. The summed E-state index contributed by atoms with van der Waals surface area (Å²) in [5.41, 5.74) is 8.15. The highest BCUT2D eigenvalue weighted by Crippen LogP contribution is 2.41. The molecule has 276 valence electrons. The quantitative estimate of drug-likeness (QED) is 0.125. The third-order valence-corrected chi connectivity index (χ3v) is 9.08. The first-order chi connectivity index (χ1) is 26.7. The van der Waals surface area contributed by atoms with Crippen LogP contribution in [0.4, 0.5) is 11.6 Å². The number of nitrogen functional groups attached to an aromatic ring is 1. The van der Waals surface area contributed by atoms with Crippen molar-refractivity contribution in [3.63, 3.8) is 0 Å². The molecule has 1 atom stereocenters. The minimum absolute atomic E-state index is 0.0587. The lowest BCUT2D eigenvalue weighted by atomic mass is 9.96. The van der Waals surface area contributed by atoms with Gasteiger partial charge >= 0.3 is 0 Å². The van der Waals surface area contributed by atoms with E-state index in [0.717, 1.165) is 17.2 Å². The van der Waals surface area contributed by atoms with E-state index in [9.17, 15) is 15.0 Å². The molecule has 0 aliphatic heterocycles. The van der Waals surface area contributed by atoms with E-state index in [0.29, 0.717) is 59.3 Å². The Morgan fingerprint density at radius 2 is 1.16 bits per heavy atom. The molecule has 4 aromatic carbocycles. The van der Waals surface area contributed by atoms with Crippen molar-refractivity contribution in [2.24, 2.45) is 0 Å². The Balaban J connectivity index is 0.000000169. The van der Waals surface area contributed by atoms with Gasteiger partial charge in [-0.25, -0.2) is 9.97 Å². The normalized spacial score (nSPS) is 10.8. The summed E-state index contributed by atoms with van der Waals surface area (Å²) in [5.74, 6) is 1.44. The molecule has 0 aliphatic rings. The minimum Gasteiger partial charge on any atom is -0.506 e. The maximum Gasteiger partial charge on any atom is 0.151 e. The highest BCUT2D eigenvalue weighted by Gasteiger charge is 2.23. The van der Waals surface area contributed by atoms with Gasteiger partial charge in [0, 0.05) is 51.7 Å². The van der Waals surface area contributed by atoms with Crippen molar-refractivity contribution < 1.29 is 15.0 Å². The number of halogens is 4. The van der Waals surface area contributed by atoms with E-state index < -0.39 is 6.04 Å². The van der Waals surface area contributed by atoms with Crippen LogP contribution in [0.1, 0.15) is 27.5 Å². The van der Waals surface area contributed by atoms with Crippen LogP contribution in [0.15, 0.2) is 152 Å². The first-order valence-corrected chi connectivity index (χ1v) is 18.0. The Kier molecular flexibility index (Phi) is 14.6. The number of nitrogens with two attached hydrogens (primary N) is 1. The molecule has 0 saturated carbocycles. The lowest BCUT2D eigenvalue weighted by Gasteiger charge is -2.23. The summed E-state index contributed by atoms with van der Waals surface area (Å²) in [6.07, 6.45) is 7.34. The van der Waals surface area contributed by atoms with Gasteiger partial charge in [0.15, 0.2) is 6.29 Å². The lowest BCUT2D eigenvalue weighted by molar-refractivity contribution is 0.112. The zero-order valence-electron chi connectivity index (χ0n) is 28.8. The van der Waals surface area contributed by atoms with Gasteiger partial charge in [-0.1, -0.05) is 94.9 Å². The standard InChI is InChI=1S/C21H15Cl2N3O.C9H6ClNO.C7H5ClO.C5H6N2/c22-16-8-2-1-6-13(16)19(26-18-9-3-4-10-24-18)15-12-17(23)14-7-5-11-25-20(14)21(15)27;10-7-3-4-8(12)9-6(7)2-1-5-11-9;8-7-4-2-1-3-6(7)5-9;6-5-3-1-2-4-7-5/h1-12,19,27H,(H,24,26);1-5,12H;1-5H;1-4H,(H2,6,7). The summed E-state index contributed by atoms with van der Waals surface area (Å²) in [6, 6.07) is 37.1. The molecule has 4 aromatic heterocycles. The van der Waals surface area contributed by atoms with Crippen LogP contribution in [0.25, 0.3) is 21.8 Å². The van der Waals surface area contributed by atoms with Crippen molar-refractivity contribution in [2.45, 2.75) is 6.04 Å². The number of aldehydes is 1. The maximum atomic E-state index is 10.9. The van der Waals surface area contributed by atoms with Gasteiger partial charge in [-0.3, -0.25) is 14.8 Å². The third kappa shape index (κ3) is 10.8. The second kappa shape index (κ2) is 19.9. The maximum absolute atomic E-state index is 10.9. The second-order valence-corrected chi connectivity index (χ2v) is 13.0. The summed E-state index contributed by atoms with van der Waals surface area (Å²) < 4.78 is 0. The van der Waals surface area contributed by atoms with E-state index in [1.807, 2.05) is 66.7 Å². The smallest absolute Gasteiger partial charge is 0.151 e. The van der Waals surface area contributed by atoms with Crippen LogP contribution >= 0.6 is 46.4 Å². The van der Waals surface area contributed by atoms with Crippen molar-refractivity contribution in [2.75, 3.05) is 11.1 Å². The number of nitrogens with one attached hydrogen (secondary N) is 1. The number of phenolic OH excluding ortho intramolecular Hbond substituents is 2. The van der Waals surface area contributed by atoms with Crippen LogP contribution in [0, 0.1) is 0 Å². The first-order valence-electron chi connectivity index (χ1n) is 16.4. The van der Waals surface area contributed by atoms with E-state index in [4.69, 9.17) is 52.1 Å². The Morgan fingerprint density at radius 3 is 1.73 bits per heavy atom. The molecule has 8 rings (SSSR count). The topological polar surface area (TPSA) is 147 Å². The number of fused-ring (bicyclic) bond motifs is 2. The van der Waals surface area contributed by atoms with Crippen LogP contribution in [-0.4, -0.2) is 36.4 Å². The fraction of sp³-hybridized carbons (Fsp3) is 0.0238. The van der Waals surface area contributed by atoms with E-state index in [-0.39, 0.29) is 11.5 Å². The zero-order chi connectivity index (χ0) is 39.2. The van der Waals surface area contributed by atoms with Gasteiger partial charge in [0.1, 0.15) is 34.2 Å². The molecule has 5 N–H and O–H groups in total. The van der Waals surface area contributed by atoms with Gasteiger partial charge in [0.05, 0.1) is 21.1 Å². The van der Waals surface area contributed by atoms with Crippen LogP contribution in [0.2, 0.25) is 20.1 Å². The molecule has 4 heterocycles. The van der Waals surface area contributed by atoms with E-state index >= 15 is 0 Å². The number of benzene rings is 4. The number of carbonyl (C=O) groups is 1. The number of pyridine rings is 4. The molecule has 0 aliphatic carbocycles. The van der Waals surface area contributed by atoms with Crippen LogP contribution in [0.3, 0.4) is 0 Å². The number of nitrogens with zero attached hydrogens (tertiary/aromatic N) is 4. The van der Waals surface area contributed by atoms with Gasteiger partial charge in [0.2, 0.25) is 0 Å². The Bertz CT molecular complexity index is 2460. The first kappa shape index (κ1) is 40.2. The van der Waals surface area contributed by atoms with Gasteiger partial charge in [-0.2, -0.15) is 0 Å². The SMILES string of the molecule is Nc1ccccn1.O=Cc1ccccc1Cl.Oc1c(C(Nc2ccccn2)c2ccccc2Cl)cc(Cl)c2cccnc12.Oc1ccc(Cl)c2cccnc12. The summed E-state index contributed by atoms with van der Waals surface area (Å²) in [4.78, 5) is 26.5. The third-order valence-electron chi connectivity index (χ3n) is 7.74. The molecule has 0 amide bonds. The summed E-state index contributed by atoms with van der Waals surface area (Å²) in [6.45, 7) is 0. The van der Waals surface area contributed by atoms with E-state index in [1.165, 1.54) is 6.07 Å². The van der Waals surface area contributed by atoms with Crippen molar-refractivity contribution in [3.8, 4) is 11.5 Å². The molecular weight excluding hydrogens is 778 g/mol. The highest BCUT2D eigenvalue weighted by atomic mass is 35.5. The molecule has 55 heavy (non-hydrogen) atoms. The molecule has 13 heteroatoms. The molecule has 0 bridgehead atoms. The number of carbonyl (C=O) groups excluding carboxylic acids is 1. The van der Waals surface area contributed by atoms with Crippen LogP contribution < -0.4 is 11.1 Å². The number of aromatic hydroxyl groups is 2. The predicted octanol–water partition coefficient (Wildman–Crippen LogP) is 11.3. The summed E-state index contributed by atoms with van der Waals surface area (Å²) >= 11 is 24.4. The zero-order valence-corrected chi connectivity index (χ0v) is 31.8. The van der Waals surface area contributed by atoms with Gasteiger partial charge in [0.25, 0.3) is 0 Å². The minimum atomic E-state index is -0.461. The number of phenols is 2. The van der Waals surface area contributed by atoms with Crippen LogP contribution in [-0.2, 0) is 0 Å². The fourth-order valence-electron chi connectivity index (χ4n) is 5.12. The van der Waals surface area contributed by atoms with Crippen molar-refractivity contribution in [3.05, 3.63) is 189 Å². The van der Waals surface area contributed by atoms with Crippen molar-refractivity contribution in [1.82, 2.24) is 19.9 Å². The van der Waals surface area contributed by atoms with E-state index in [1.54, 1.807) is 79.4 Å². The molecule has 0 fully saturated rings. The number of hydrogen-bond acceptors (Lipinski definition) is 9. The Labute approximate surface area is 337 Å². The number of anilines is 2. The van der Waals surface area contributed by atoms with Gasteiger partial charge in [-0.05, 0) is 84.4 Å². The molecule has 0 radical (unpaired) electrons. The van der Waals surface area contributed by atoms with Crippen LogP contribution in [0.5, 0.6) is 11.5 Å².